The van der Waals surface area contributed by atoms with Gasteiger partial charge in [0.2, 0.25) is 0 Å². The molecule has 3 heteroatoms. The average molecular weight is 238 g/mol. The van der Waals surface area contributed by atoms with Gasteiger partial charge in [-0.15, -0.1) is 0 Å². The van der Waals surface area contributed by atoms with Gasteiger partial charge in [0, 0.05) is 0 Å². The third-order valence-electron chi connectivity index (χ3n) is 2.80. The number of hydrogen-bond donors (Lipinski definition) is 0. The maximum absolute atomic E-state index is 14.4. The Bertz CT molecular complexity index is 368. The lowest BCUT2D eigenvalue weighted by Gasteiger charge is -2.31. The molecule has 1 rings (SSSR count). The lowest BCUT2D eigenvalue weighted by molar-refractivity contribution is -0.152. The van der Waals surface area contributed by atoms with Crippen LogP contribution < -0.4 is 0 Å². The number of rotatable bonds is 3. The van der Waals surface area contributed by atoms with Crippen LogP contribution in [0.1, 0.15) is 32.5 Å². The van der Waals surface area contributed by atoms with E-state index < -0.39 is 23.5 Å². The van der Waals surface area contributed by atoms with Crippen molar-refractivity contribution >= 4 is 5.97 Å². The lowest BCUT2D eigenvalue weighted by Crippen LogP contribution is -2.33. The molecule has 0 aliphatic carbocycles. The zero-order valence-corrected chi connectivity index (χ0v) is 10.7. The highest BCUT2D eigenvalue weighted by molar-refractivity contribution is 5.74. The SMILES string of the molecule is COC(=O)[C@@H]([C@H](F)c1ccccc1)C(C)(C)C. The third-order valence-corrected chi connectivity index (χ3v) is 2.80. The molecule has 0 aliphatic heterocycles. The summed E-state index contributed by atoms with van der Waals surface area (Å²) >= 11 is 0. The van der Waals surface area contributed by atoms with E-state index in [1.807, 2.05) is 26.8 Å². The van der Waals surface area contributed by atoms with Crippen LogP contribution >= 0.6 is 0 Å². The largest absolute Gasteiger partial charge is 0.469 e. The van der Waals surface area contributed by atoms with Crippen LogP contribution in [0, 0.1) is 11.3 Å². The van der Waals surface area contributed by atoms with Crippen molar-refractivity contribution in [3.05, 3.63) is 35.9 Å². The van der Waals surface area contributed by atoms with Crippen molar-refractivity contribution in [2.45, 2.75) is 26.9 Å². The molecule has 0 heterocycles. The van der Waals surface area contributed by atoms with Gasteiger partial charge in [-0.05, 0) is 11.0 Å². The van der Waals surface area contributed by atoms with Crippen LogP contribution in [-0.4, -0.2) is 13.1 Å². The summed E-state index contributed by atoms with van der Waals surface area (Å²) in [5.74, 6) is -1.30. The molecule has 1 aromatic carbocycles. The van der Waals surface area contributed by atoms with Crippen molar-refractivity contribution in [2.75, 3.05) is 7.11 Å². The third kappa shape index (κ3) is 3.29. The Morgan fingerprint density at radius 2 is 1.76 bits per heavy atom. The van der Waals surface area contributed by atoms with Gasteiger partial charge in [-0.3, -0.25) is 4.79 Å². The van der Waals surface area contributed by atoms with Crippen LogP contribution in [0.2, 0.25) is 0 Å². The molecule has 0 amide bonds. The Kier molecular flexibility index (Phi) is 4.27. The minimum Gasteiger partial charge on any atom is -0.469 e. The molecule has 0 fully saturated rings. The van der Waals surface area contributed by atoms with E-state index in [1.54, 1.807) is 24.3 Å². The number of carbonyl (C=O) groups is 1. The van der Waals surface area contributed by atoms with E-state index in [0.717, 1.165) is 0 Å². The van der Waals surface area contributed by atoms with Crippen molar-refractivity contribution in [1.29, 1.82) is 0 Å². The van der Waals surface area contributed by atoms with Gasteiger partial charge in [-0.25, -0.2) is 4.39 Å². The number of alkyl halides is 1. The maximum Gasteiger partial charge on any atom is 0.312 e. The first kappa shape index (κ1) is 13.7. The number of hydrogen-bond acceptors (Lipinski definition) is 2. The van der Waals surface area contributed by atoms with Crippen LogP contribution in [0.4, 0.5) is 4.39 Å². The second-order valence-electron chi connectivity index (χ2n) is 5.18. The Balaban J connectivity index is 3.04. The van der Waals surface area contributed by atoms with Crippen LogP contribution in [0.25, 0.3) is 0 Å². The zero-order valence-electron chi connectivity index (χ0n) is 10.7. The minimum atomic E-state index is -1.34. The summed E-state index contributed by atoms with van der Waals surface area (Å²) in [7, 11) is 1.29. The Morgan fingerprint density at radius 3 is 2.18 bits per heavy atom. The molecule has 0 saturated heterocycles. The molecule has 1 aromatic rings. The smallest absolute Gasteiger partial charge is 0.312 e. The maximum atomic E-state index is 14.4. The number of methoxy groups -OCH3 is 1. The number of ether oxygens (including phenoxy) is 1. The predicted molar refractivity (Wildman–Crippen MR) is 65.3 cm³/mol. The molecule has 0 radical (unpaired) electrons. The molecule has 0 unspecified atom stereocenters. The molecular weight excluding hydrogens is 219 g/mol. The van der Waals surface area contributed by atoms with E-state index in [0.29, 0.717) is 5.56 Å². The molecule has 17 heavy (non-hydrogen) atoms. The summed E-state index contributed by atoms with van der Waals surface area (Å²) in [5.41, 5.74) is 0.0281. The minimum absolute atomic E-state index is 0.484. The van der Waals surface area contributed by atoms with Crippen molar-refractivity contribution in [1.82, 2.24) is 0 Å². The molecular formula is C14H19FO2. The first-order valence-corrected chi connectivity index (χ1v) is 5.64. The summed E-state index contributed by atoms with van der Waals surface area (Å²) in [5, 5.41) is 0. The highest BCUT2D eigenvalue weighted by atomic mass is 19.1. The van der Waals surface area contributed by atoms with Gasteiger partial charge >= 0.3 is 5.97 Å². The lowest BCUT2D eigenvalue weighted by atomic mass is 9.76. The summed E-state index contributed by atoms with van der Waals surface area (Å²) < 4.78 is 19.1. The van der Waals surface area contributed by atoms with E-state index >= 15 is 0 Å². The molecule has 2 atom stereocenters. The van der Waals surface area contributed by atoms with Crippen LogP contribution in [0.15, 0.2) is 30.3 Å². The second-order valence-corrected chi connectivity index (χ2v) is 5.18. The van der Waals surface area contributed by atoms with Crippen LogP contribution in [0.3, 0.4) is 0 Å². The zero-order chi connectivity index (χ0) is 13.1. The molecule has 0 bridgehead atoms. The van der Waals surface area contributed by atoms with Gasteiger partial charge in [0.05, 0.1) is 13.0 Å². The normalized spacial score (nSPS) is 15.1. The second kappa shape index (κ2) is 5.30. The highest BCUT2D eigenvalue weighted by Crippen LogP contribution is 2.39. The van der Waals surface area contributed by atoms with Crippen molar-refractivity contribution in [2.24, 2.45) is 11.3 Å². The molecule has 0 spiro atoms. The number of benzene rings is 1. The molecule has 0 aromatic heterocycles. The van der Waals surface area contributed by atoms with Crippen molar-refractivity contribution in [3.63, 3.8) is 0 Å². The molecule has 94 valence electrons. The van der Waals surface area contributed by atoms with E-state index in [1.165, 1.54) is 7.11 Å². The highest BCUT2D eigenvalue weighted by Gasteiger charge is 2.40. The van der Waals surface area contributed by atoms with E-state index in [-0.39, 0.29) is 0 Å². The van der Waals surface area contributed by atoms with E-state index in [4.69, 9.17) is 4.74 Å². The van der Waals surface area contributed by atoms with E-state index in [9.17, 15) is 9.18 Å². The fourth-order valence-corrected chi connectivity index (χ4v) is 1.87. The molecule has 0 N–H and O–H groups in total. The Labute approximate surface area is 102 Å². The average Bonchev–Trinajstić information content (AvgIpc) is 2.28. The Morgan fingerprint density at radius 1 is 1.24 bits per heavy atom. The van der Waals surface area contributed by atoms with Crippen molar-refractivity contribution in [3.8, 4) is 0 Å². The van der Waals surface area contributed by atoms with Gasteiger partial charge in [-0.2, -0.15) is 0 Å². The van der Waals surface area contributed by atoms with Gasteiger partial charge in [-0.1, -0.05) is 51.1 Å². The van der Waals surface area contributed by atoms with Crippen LogP contribution in [0.5, 0.6) is 0 Å². The first-order valence-electron chi connectivity index (χ1n) is 5.64. The van der Waals surface area contributed by atoms with Crippen molar-refractivity contribution < 1.29 is 13.9 Å². The molecule has 0 aliphatic rings. The first-order chi connectivity index (χ1) is 7.88. The fourth-order valence-electron chi connectivity index (χ4n) is 1.87. The standard InChI is InChI=1S/C14H19FO2/c1-14(2,3)11(13(16)17-4)12(15)10-8-6-5-7-9-10/h5-9,11-12H,1-4H3/t11-,12-/m1/s1. The number of halogens is 1. The van der Waals surface area contributed by atoms with Gasteiger partial charge in [0.25, 0.3) is 0 Å². The van der Waals surface area contributed by atoms with Gasteiger partial charge < -0.3 is 4.74 Å². The topological polar surface area (TPSA) is 26.3 Å². The van der Waals surface area contributed by atoms with Gasteiger partial charge in [0.15, 0.2) is 0 Å². The summed E-state index contributed by atoms with van der Waals surface area (Å²) in [4.78, 5) is 11.7. The fraction of sp³-hybridized carbons (Fsp3) is 0.500. The van der Waals surface area contributed by atoms with E-state index in [2.05, 4.69) is 0 Å². The molecule has 0 saturated carbocycles. The summed E-state index contributed by atoms with van der Waals surface area (Å²) in [6, 6.07) is 8.72. The van der Waals surface area contributed by atoms with Gasteiger partial charge in [0.1, 0.15) is 6.17 Å². The summed E-state index contributed by atoms with van der Waals surface area (Å²) in [6.07, 6.45) is -1.34. The summed E-state index contributed by atoms with van der Waals surface area (Å²) in [6.45, 7) is 5.51. The monoisotopic (exact) mass is 238 g/mol. The van der Waals surface area contributed by atoms with Crippen LogP contribution in [-0.2, 0) is 9.53 Å². The number of esters is 1. The number of carbonyl (C=O) groups excluding carboxylic acids is 1. The quantitative estimate of drug-likeness (QED) is 0.753. The Hall–Kier alpha value is -1.38. The predicted octanol–water partition coefficient (Wildman–Crippen LogP) is 3.53. The molecule has 2 nitrogen and oxygen atoms in total.